The first-order chi connectivity index (χ1) is 33.4. The molecule has 0 heterocycles. The zero-order valence-corrected chi connectivity index (χ0v) is 46.2. The van der Waals surface area contributed by atoms with E-state index in [-0.39, 0.29) is 31.5 Å². The van der Waals surface area contributed by atoms with Gasteiger partial charge in [0.15, 0.2) is 0 Å². The van der Waals surface area contributed by atoms with Crippen molar-refractivity contribution >= 4 is 19.7 Å². The second-order valence-corrected chi connectivity index (χ2v) is 21.2. The number of likely N-dealkylation sites (N-methyl/N-ethyl adjacent to an activating group) is 1. The Morgan fingerprint density at radius 3 is 1.43 bits per heavy atom. The first-order valence-corrected chi connectivity index (χ1v) is 29.4. The van der Waals surface area contributed by atoms with E-state index in [4.69, 9.17) is 13.8 Å². The lowest BCUT2D eigenvalue weighted by molar-refractivity contribution is -0.870. The highest BCUT2D eigenvalue weighted by atomic mass is 31.2. The molecule has 398 valence electrons. The van der Waals surface area contributed by atoms with Crippen LogP contribution in [0.3, 0.4) is 0 Å². The Bertz CT molecular complexity index is 1460. The summed E-state index contributed by atoms with van der Waals surface area (Å²) in [7, 11) is 1.45. The number of hydrogen-bond acceptors (Lipinski definition) is 6. The maximum atomic E-state index is 13.5. The molecule has 2 N–H and O–H groups in total. The largest absolute Gasteiger partial charge is 0.472 e. The van der Waals surface area contributed by atoms with Crippen molar-refractivity contribution < 1.29 is 37.3 Å². The molecule has 0 rings (SSSR count). The molecule has 0 saturated heterocycles. The van der Waals surface area contributed by atoms with E-state index in [1.165, 1.54) is 96.3 Å². The number of allylic oxidation sites excluding steroid dienone is 13. The molecule has 0 aliphatic carbocycles. The molecule has 0 fully saturated rings. The Kier molecular flexibility index (Phi) is 46.8. The Morgan fingerprint density at radius 2 is 0.942 bits per heavy atom. The molecule has 0 aliphatic rings. The van der Waals surface area contributed by atoms with Gasteiger partial charge in [-0.25, -0.2) is 4.57 Å². The van der Waals surface area contributed by atoms with Crippen LogP contribution in [0.5, 0.6) is 0 Å². The van der Waals surface area contributed by atoms with Gasteiger partial charge < -0.3 is 19.4 Å². The number of nitrogens with zero attached hydrogens (tertiary/aromatic N) is 1. The molecule has 10 heteroatoms. The molecular weight excluding hydrogens is 880 g/mol. The summed E-state index contributed by atoms with van der Waals surface area (Å²) in [6.45, 7) is 6.82. The fourth-order valence-corrected chi connectivity index (χ4v) is 8.23. The number of amides is 1. The number of rotatable bonds is 49. The third-order valence-electron chi connectivity index (χ3n) is 11.8. The molecule has 0 aromatic rings. The summed E-state index contributed by atoms with van der Waals surface area (Å²) in [5.41, 5.74) is 0. The van der Waals surface area contributed by atoms with Crippen molar-refractivity contribution in [2.45, 2.75) is 238 Å². The number of carbonyl (C=O) groups excluding carboxylic acids is 2. The maximum absolute atomic E-state index is 13.5. The number of quaternary nitrogens is 1. The van der Waals surface area contributed by atoms with Gasteiger partial charge in [0.25, 0.3) is 0 Å². The van der Waals surface area contributed by atoms with E-state index in [0.29, 0.717) is 30.3 Å². The van der Waals surface area contributed by atoms with Gasteiger partial charge in [-0.3, -0.25) is 18.6 Å². The van der Waals surface area contributed by atoms with Crippen molar-refractivity contribution in [3.63, 3.8) is 0 Å². The first kappa shape index (κ1) is 66.2. The molecule has 1 amide bonds. The van der Waals surface area contributed by atoms with Gasteiger partial charge in [0, 0.05) is 12.8 Å². The van der Waals surface area contributed by atoms with Crippen LogP contribution in [0.25, 0.3) is 0 Å². The average Bonchev–Trinajstić information content (AvgIpc) is 3.31. The summed E-state index contributed by atoms with van der Waals surface area (Å²) in [4.78, 5) is 37.5. The van der Waals surface area contributed by atoms with Crippen LogP contribution in [0, 0.1) is 0 Å². The molecule has 0 saturated carbocycles. The Labute approximate surface area is 425 Å². The summed E-state index contributed by atoms with van der Waals surface area (Å²) in [5, 5.41) is 3.02. The minimum absolute atomic E-state index is 0.0255. The van der Waals surface area contributed by atoms with Crippen molar-refractivity contribution in [1.82, 2.24) is 5.32 Å². The van der Waals surface area contributed by atoms with Gasteiger partial charge in [-0.1, -0.05) is 202 Å². The SMILES string of the molecule is CC/C=C\C/C=C\C/C=C\C/C=C\C/C=C\CCCC(=O)OC(/C=C/CCCCCCCCCCCC)C(COP(=O)(O)OCC[N+](C)(C)C)NC(=O)CCCCC/C=C\CCCCCCCCC. The van der Waals surface area contributed by atoms with E-state index in [0.717, 1.165) is 83.5 Å². The molecule has 0 bridgehead atoms. The monoisotopic (exact) mass is 986 g/mol. The van der Waals surface area contributed by atoms with E-state index in [2.05, 4.69) is 99.0 Å². The van der Waals surface area contributed by atoms with Crippen LogP contribution in [0.1, 0.15) is 226 Å². The molecule has 0 aromatic heterocycles. The van der Waals surface area contributed by atoms with Crippen molar-refractivity contribution in [1.29, 1.82) is 0 Å². The fourth-order valence-electron chi connectivity index (χ4n) is 7.50. The Morgan fingerprint density at radius 1 is 0.522 bits per heavy atom. The first-order valence-electron chi connectivity index (χ1n) is 27.9. The van der Waals surface area contributed by atoms with Crippen molar-refractivity contribution in [3.8, 4) is 0 Å². The molecule has 3 unspecified atom stereocenters. The van der Waals surface area contributed by atoms with E-state index in [1.54, 1.807) is 0 Å². The molecule has 69 heavy (non-hydrogen) atoms. The topological polar surface area (TPSA) is 111 Å². The quantitative estimate of drug-likeness (QED) is 0.0205. The van der Waals surface area contributed by atoms with Crippen molar-refractivity contribution in [3.05, 3.63) is 85.1 Å². The molecule has 0 radical (unpaired) electrons. The summed E-state index contributed by atoms with van der Waals surface area (Å²) in [6, 6.07) is -0.881. The van der Waals surface area contributed by atoms with Crippen LogP contribution in [0.4, 0.5) is 0 Å². The normalized spacial score (nSPS) is 14.5. The number of unbranched alkanes of at least 4 members (excludes halogenated alkanes) is 21. The van der Waals surface area contributed by atoms with Crippen LogP contribution in [0.2, 0.25) is 0 Å². The van der Waals surface area contributed by atoms with Gasteiger partial charge in [-0.2, -0.15) is 0 Å². The molecule has 0 spiro atoms. The van der Waals surface area contributed by atoms with Crippen LogP contribution in [-0.2, 0) is 27.9 Å². The van der Waals surface area contributed by atoms with Gasteiger partial charge in [0.1, 0.15) is 19.3 Å². The number of carbonyl (C=O) groups is 2. The van der Waals surface area contributed by atoms with Crippen molar-refractivity contribution in [2.24, 2.45) is 0 Å². The Hall–Kier alpha value is -2.81. The molecule has 9 nitrogen and oxygen atoms in total. The molecular formula is C59H106N2O7P+. The standard InChI is InChI=1S/C59H105N2O7P/c1-7-10-13-16-19-22-25-28-30-31-32-34-37-40-43-46-49-52-59(63)68-57(50-47-44-41-38-35-27-24-21-18-15-12-9-3)56(55-67-69(64,65)66-54-53-61(4,5)6)60-58(62)51-48-45-42-39-36-33-29-26-23-20-17-14-11-8-2/h10,13,19,22,28,30,32-34,36,40,43,47,50,56-57H,7-9,11-12,14-18,20-21,23-27,29,31,35,37-39,41-42,44-46,48-49,51-55H2,1-6H3,(H-,60,62,64,65)/p+1/b13-10-,22-19-,30-28-,34-32-,36-33-,43-40-,50-47+. The lowest BCUT2D eigenvalue weighted by atomic mass is 10.1. The van der Waals surface area contributed by atoms with E-state index < -0.39 is 20.0 Å². The number of hydrogen-bond donors (Lipinski definition) is 2. The van der Waals surface area contributed by atoms with Gasteiger partial charge >= 0.3 is 13.8 Å². The van der Waals surface area contributed by atoms with Gasteiger partial charge in [0.2, 0.25) is 5.91 Å². The smallest absolute Gasteiger partial charge is 0.456 e. The highest BCUT2D eigenvalue weighted by molar-refractivity contribution is 7.47. The third-order valence-corrected chi connectivity index (χ3v) is 12.8. The van der Waals surface area contributed by atoms with Crippen LogP contribution in [-0.4, -0.2) is 74.3 Å². The van der Waals surface area contributed by atoms with Crippen molar-refractivity contribution in [2.75, 3.05) is 40.9 Å². The van der Waals surface area contributed by atoms with Crippen LogP contribution < -0.4 is 5.32 Å². The lowest BCUT2D eigenvalue weighted by Crippen LogP contribution is -2.47. The highest BCUT2D eigenvalue weighted by Gasteiger charge is 2.30. The van der Waals surface area contributed by atoms with Gasteiger partial charge in [-0.15, -0.1) is 0 Å². The van der Waals surface area contributed by atoms with E-state index >= 15 is 0 Å². The summed E-state index contributed by atoms with van der Waals surface area (Å²) < 4.78 is 30.5. The Balaban J connectivity index is 5.50. The second kappa shape index (κ2) is 48.8. The number of phosphoric ester groups is 1. The number of nitrogens with one attached hydrogen (secondary N) is 1. The number of esters is 1. The van der Waals surface area contributed by atoms with Gasteiger partial charge in [0.05, 0.1) is 33.8 Å². The fraction of sp³-hybridized carbons (Fsp3) is 0.729. The average molecular weight is 986 g/mol. The predicted octanol–water partition coefficient (Wildman–Crippen LogP) is 16.7. The zero-order valence-electron chi connectivity index (χ0n) is 45.3. The summed E-state index contributed by atoms with van der Waals surface area (Å²) in [5.74, 6) is -0.596. The molecule has 0 aromatic carbocycles. The molecule has 0 aliphatic heterocycles. The summed E-state index contributed by atoms with van der Waals surface area (Å²) in [6.07, 6.45) is 63.0. The maximum Gasteiger partial charge on any atom is 0.472 e. The second-order valence-electron chi connectivity index (χ2n) is 19.7. The highest BCUT2D eigenvalue weighted by Crippen LogP contribution is 2.43. The van der Waals surface area contributed by atoms with Gasteiger partial charge in [-0.05, 0) is 96.0 Å². The van der Waals surface area contributed by atoms with Crippen LogP contribution >= 0.6 is 7.82 Å². The van der Waals surface area contributed by atoms with Crippen LogP contribution in [0.15, 0.2) is 85.1 Å². The number of ether oxygens (including phenoxy) is 1. The van der Waals surface area contributed by atoms with E-state index in [1.807, 2.05) is 33.3 Å². The number of phosphoric acid groups is 1. The lowest BCUT2D eigenvalue weighted by Gasteiger charge is -2.27. The minimum atomic E-state index is -4.46. The predicted molar refractivity (Wildman–Crippen MR) is 295 cm³/mol. The molecule has 3 atom stereocenters. The third kappa shape index (κ3) is 49.9. The van der Waals surface area contributed by atoms with E-state index in [9.17, 15) is 19.0 Å². The minimum Gasteiger partial charge on any atom is -0.456 e. The zero-order chi connectivity index (χ0) is 50.8. The summed E-state index contributed by atoms with van der Waals surface area (Å²) >= 11 is 0.